The largest absolute Gasteiger partial charge is 0.357 e. The van der Waals surface area contributed by atoms with Crippen molar-refractivity contribution in [2.45, 2.75) is 53.0 Å². The van der Waals surface area contributed by atoms with E-state index >= 15 is 0 Å². The van der Waals surface area contributed by atoms with Crippen LogP contribution in [-0.2, 0) is 13.0 Å². The van der Waals surface area contributed by atoms with Crippen molar-refractivity contribution >= 4 is 5.96 Å². The number of likely N-dealkylation sites (tertiary alicyclic amines) is 1. The maximum Gasteiger partial charge on any atom is 0.191 e. The number of guanidine groups is 1. The van der Waals surface area contributed by atoms with Crippen LogP contribution in [0.1, 0.15) is 45.9 Å². The van der Waals surface area contributed by atoms with Crippen molar-refractivity contribution < 1.29 is 0 Å². The number of aromatic nitrogens is 3. The smallest absolute Gasteiger partial charge is 0.191 e. The minimum atomic E-state index is 0.820. The zero-order valence-electron chi connectivity index (χ0n) is 16.2. The molecule has 0 aliphatic carbocycles. The highest BCUT2D eigenvalue weighted by Gasteiger charge is 2.14. The first-order valence-corrected chi connectivity index (χ1v) is 9.84. The van der Waals surface area contributed by atoms with Crippen molar-refractivity contribution in [1.29, 1.82) is 0 Å². The summed E-state index contributed by atoms with van der Waals surface area (Å²) in [7, 11) is 0. The summed E-state index contributed by atoms with van der Waals surface area (Å²) in [5.74, 6) is 2.83. The van der Waals surface area contributed by atoms with E-state index in [1.807, 2.05) is 0 Å². The third-order valence-corrected chi connectivity index (χ3v) is 4.78. The number of nitrogens with zero attached hydrogens (tertiary/aromatic N) is 5. The molecular weight excluding hydrogens is 314 g/mol. The Morgan fingerprint density at radius 3 is 2.76 bits per heavy atom. The quantitative estimate of drug-likeness (QED) is 0.402. The molecule has 25 heavy (non-hydrogen) atoms. The van der Waals surface area contributed by atoms with E-state index in [2.05, 4.69) is 51.1 Å². The maximum atomic E-state index is 4.70. The zero-order chi connectivity index (χ0) is 17.9. The highest BCUT2D eigenvalue weighted by molar-refractivity contribution is 5.79. The van der Waals surface area contributed by atoms with Gasteiger partial charge in [0.15, 0.2) is 5.96 Å². The molecule has 0 aromatic carbocycles. The molecule has 0 radical (unpaired) electrons. The van der Waals surface area contributed by atoms with Gasteiger partial charge < -0.3 is 20.1 Å². The van der Waals surface area contributed by atoms with Gasteiger partial charge in [-0.15, -0.1) is 10.2 Å². The lowest BCUT2D eigenvalue weighted by Gasteiger charge is -2.29. The molecule has 0 atom stereocenters. The Morgan fingerprint density at radius 2 is 2.04 bits per heavy atom. The van der Waals surface area contributed by atoms with Crippen molar-refractivity contribution in [2.75, 3.05) is 39.3 Å². The molecule has 0 amide bonds. The van der Waals surface area contributed by atoms with Gasteiger partial charge in [0.2, 0.25) is 0 Å². The third kappa shape index (κ3) is 7.02. The lowest BCUT2D eigenvalue weighted by Crippen LogP contribution is -2.39. The summed E-state index contributed by atoms with van der Waals surface area (Å²) >= 11 is 0. The molecule has 7 nitrogen and oxygen atoms in total. The normalized spacial score (nSPS) is 17.0. The van der Waals surface area contributed by atoms with Gasteiger partial charge in [0.05, 0.1) is 0 Å². The number of hydrogen-bond donors (Lipinski definition) is 2. The standard InChI is InChI=1S/C18H35N7/c1-4-17-23-22-15-25(17)14-10-21-18(19-5-2)20-9-6-11-24-12-7-16(3)8-13-24/h15-16H,4-14H2,1-3H3,(H2,19,20,21). The van der Waals surface area contributed by atoms with Crippen molar-refractivity contribution in [3.63, 3.8) is 0 Å². The van der Waals surface area contributed by atoms with Crippen LogP contribution in [0.2, 0.25) is 0 Å². The molecule has 0 unspecified atom stereocenters. The number of rotatable bonds is 9. The molecule has 2 rings (SSSR count). The molecule has 2 heterocycles. The Morgan fingerprint density at radius 1 is 1.24 bits per heavy atom. The van der Waals surface area contributed by atoms with E-state index in [1.165, 1.54) is 25.9 Å². The molecule has 1 aromatic heterocycles. The number of hydrogen-bond acceptors (Lipinski definition) is 4. The summed E-state index contributed by atoms with van der Waals surface area (Å²) in [6.07, 6.45) is 6.51. The van der Waals surface area contributed by atoms with Gasteiger partial charge in [-0.25, -0.2) is 0 Å². The van der Waals surface area contributed by atoms with Gasteiger partial charge in [-0.05, 0) is 51.7 Å². The lowest BCUT2D eigenvalue weighted by molar-refractivity contribution is 0.192. The minimum absolute atomic E-state index is 0.820. The first-order valence-electron chi connectivity index (χ1n) is 9.84. The average Bonchev–Trinajstić information content (AvgIpc) is 3.07. The molecule has 0 saturated carbocycles. The van der Waals surface area contributed by atoms with E-state index in [0.29, 0.717) is 0 Å². The van der Waals surface area contributed by atoms with E-state index in [1.54, 1.807) is 6.33 Å². The van der Waals surface area contributed by atoms with Crippen LogP contribution in [0.25, 0.3) is 0 Å². The second-order valence-corrected chi connectivity index (χ2v) is 6.86. The molecule has 1 saturated heterocycles. The van der Waals surface area contributed by atoms with E-state index < -0.39 is 0 Å². The predicted molar refractivity (Wildman–Crippen MR) is 103 cm³/mol. The van der Waals surface area contributed by atoms with Crippen molar-refractivity contribution in [1.82, 2.24) is 30.3 Å². The van der Waals surface area contributed by atoms with E-state index in [-0.39, 0.29) is 0 Å². The van der Waals surface area contributed by atoms with E-state index in [4.69, 9.17) is 4.99 Å². The monoisotopic (exact) mass is 349 g/mol. The number of aliphatic imine (C=N–C) groups is 1. The van der Waals surface area contributed by atoms with Crippen molar-refractivity contribution in [2.24, 2.45) is 10.9 Å². The van der Waals surface area contributed by atoms with Crippen LogP contribution < -0.4 is 10.6 Å². The fraction of sp³-hybridized carbons (Fsp3) is 0.833. The van der Waals surface area contributed by atoms with Crippen LogP contribution in [0.5, 0.6) is 0 Å². The van der Waals surface area contributed by atoms with Crippen molar-refractivity contribution in [3.8, 4) is 0 Å². The summed E-state index contributed by atoms with van der Waals surface area (Å²) in [5, 5.41) is 14.8. The minimum Gasteiger partial charge on any atom is -0.357 e. The molecule has 0 bridgehead atoms. The van der Waals surface area contributed by atoms with Gasteiger partial charge in [0.25, 0.3) is 0 Å². The highest BCUT2D eigenvalue weighted by Crippen LogP contribution is 2.15. The van der Waals surface area contributed by atoms with E-state index in [9.17, 15) is 0 Å². The number of piperidine rings is 1. The van der Waals surface area contributed by atoms with Crippen LogP contribution >= 0.6 is 0 Å². The Hall–Kier alpha value is -1.63. The SMILES string of the molecule is CCNC(=NCCCN1CCC(C)CC1)NCCn1cnnc1CC. The third-order valence-electron chi connectivity index (χ3n) is 4.78. The molecule has 0 spiro atoms. The van der Waals surface area contributed by atoms with Crippen LogP contribution in [0.15, 0.2) is 11.3 Å². The fourth-order valence-electron chi connectivity index (χ4n) is 3.15. The van der Waals surface area contributed by atoms with Gasteiger partial charge in [0, 0.05) is 32.6 Å². The summed E-state index contributed by atoms with van der Waals surface area (Å²) < 4.78 is 2.09. The van der Waals surface area contributed by atoms with Gasteiger partial charge in [-0.1, -0.05) is 13.8 Å². The Labute approximate surface area is 152 Å². The second-order valence-electron chi connectivity index (χ2n) is 6.86. The molecular formula is C18H35N7. The Balaban J connectivity index is 1.67. The highest BCUT2D eigenvalue weighted by atomic mass is 15.3. The van der Waals surface area contributed by atoms with Gasteiger partial charge in [-0.2, -0.15) is 0 Å². The van der Waals surface area contributed by atoms with E-state index in [0.717, 1.165) is 63.3 Å². The average molecular weight is 350 g/mol. The second kappa shape index (κ2) is 11.1. The van der Waals surface area contributed by atoms with Crippen molar-refractivity contribution in [3.05, 3.63) is 12.2 Å². The Bertz CT molecular complexity index is 503. The summed E-state index contributed by atoms with van der Waals surface area (Å²) in [6.45, 7) is 13.6. The van der Waals surface area contributed by atoms with Gasteiger partial charge in [0.1, 0.15) is 12.2 Å². The fourth-order valence-corrected chi connectivity index (χ4v) is 3.15. The molecule has 142 valence electrons. The van der Waals surface area contributed by atoms with Gasteiger partial charge >= 0.3 is 0 Å². The van der Waals surface area contributed by atoms with Gasteiger partial charge in [-0.3, -0.25) is 4.99 Å². The summed E-state index contributed by atoms with van der Waals surface area (Å²) in [4.78, 5) is 7.28. The predicted octanol–water partition coefficient (Wildman–Crippen LogP) is 1.52. The van der Waals surface area contributed by atoms with Crippen LogP contribution in [0.3, 0.4) is 0 Å². The summed E-state index contributed by atoms with van der Waals surface area (Å²) in [6, 6.07) is 0. The first kappa shape index (κ1) is 19.7. The van der Waals surface area contributed by atoms with Crippen LogP contribution in [0, 0.1) is 5.92 Å². The molecule has 2 N–H and O–H groups in total. The van der Waals surface area contributed by atoms with Crippen LogP contribution in [0.4, 0.5) is 0 Å². The Kier molecular flexibility index (Phi) is 8.72. The molecule has 1 fully saturated rings. The number of nitrogens with one attached hydrogen (secondary N) is 2. The first-order chi connectivity index (χ1) is 12.2. The topological polar surface area (TPSA) is 70.4 Å². The van der Waals surface area contributed by atoms with Crippen LogP contribution in [-0.4, -0.2) is 64.9 Å². The zero-order valence-corrected chi connectivity index (χ0v) is 16.2. The lowest BCUT2D eigenvalue weighted by atomic mass is 9.99. The molecule has 1 aromatic rings. The molecule has 1 aliphatic heterocycles. The molecule has 7 heteroatoms. The number of aryl methyl sites for hydroxylation is 1. The molecule has 1 aliphatic rings. The summed E-state index contributed by atoms with van der Waals surface area (Å²) in [5.41, 5.74) is 0. The maximum absolute atomic E-state index is 4.70.